The first-order chi connectivity index (χ1) is 13.1. The van der Waals surface area contributed by atoms with Crippen molar-refractivity contribution in [2.75, 3.05) is 13.1 Å². The summed E-state index contributed by atoms with van der Waals surface area (Å²) in [7, 11) is 0. The fourth-order valence-corrected chi connectivity index (χ4v) is 3.97. The second-order valence-electron chi connectivity index (χ2n) is 6.33. The third-order valence-electron chi connectivity index (χ3n) is 4.37. The van der Waals surface area contributed by atoms with Gasteiger partial charge < -0.3 is 5.11 Å². The Morgan fingerprint density at radius 1 is 1.04 bits per heavy atom. The number of carbonyl (C=O) groups excluding carboxylic acids is 1. The zero-order valence-corrected chi connectivity index (χ0v) is 15.8. The SMILES string of the molecule is O=C(O)C1CC(=O)N(CCc2ccccc2)C(=NCCc2ccccc2)S1. The van der Waals surface area contributed by atoms with E-state index >= 15 is 0 Å². The number of nitrogens with zero attached hydrogens (tertiary/aromatic N) is 2. The third-order valence-corrected chi connectivity index (χ3v) is 5.59. The van der Waals surface area contributed by atoms with Gasteiger partial charge in [0.1, 0.15) is 5.25 Å². The van der Waals surface area contributed by atoms with Crippen molar-refractivity contribution < 1.29 is 14.7 Å². The number of rotatable bonds is 7. The Morgan fingerprint density at radius 2 is 1.63 bits per heavy atom. The van der Waals surface area contributed by atoms with Crippen molar-refractivity contribution in [1.82, 2.24) is 4.90 Å². The van der Waals surface area contributed by atoms with Crippen molar-refractivity contribution in [3.63, 3.8) is 0 Å². The summed E-state index contributed by atoms with van der Waals surface area (Å²) in [5.74, 6) is -1.14. The van der Waals surface area contributed by atoms with Gasteiger partial charge in [0.25, 0.3) is 0 Å². The van der Waals surface area contributed by atoms with E-state index in [-0.39, 0.29) is 12.3 Å². The van der Waals surface area contributed by atoms with Crippen LogP contribution in [-0.2, 0) is 22.4 Å². The van der Waals surface area contributed by atoms with Crippen LogP contribution in [0, 0.1) is 0 Å². The quantitative estimate of drug-likeness (QED) is 0.798. The molecule has 140 valence electrons. The summed E-state index contributed by atoms with van der Waals surface area (Å²) in [6.07, 6.45) is 1.47. The van der Waals surface area contributed by atoms with Crippen LogP contribution in [0.25, 0.3) is 0 Å². The smallest absolute Gasteiger partial charge is 0.317 e. The van der Waals surface area contributed by atoms with E-state index in [0.29, 0.717) is 24.7 Å². The van der Waals surface area contributed by atoms with E-state index in [1.807, 2.05) is 60.7 Å². The largest absolute Gasteiger partial charge is 0.480 e. The molecule has 5 nitrogen and oxygen atoms in total. The van der Waals surface area contributed by atoms with Gasteiger partial charge >= 0.3 is 5.97 Å². The highest BCUT2D eigenvalue weighted by molar-refractivity contribution is 8.15. The second-order valence-corrected chi connectivity index (χ2v) is 7.50. The predicted octanol–water partition coefficient (Wildman–Crippen LogP) is 3.25. The van der Waals surface area contributed by atoms with Crippen LogP contribution >= 0.6 is 11.8 Å². The maximum absolute atomic E-state index is 12.5. The maximum Gasteiger partial charge on any atom is 0.317 e. The highest BCUT2D eigenvalue weighted by Gasteiger charge is 2.35. The molecule has 1 heterocycles. The lowest BCUT2D eigenvalue weighted by molar-refractivity contribution is -0.139. The molecule has 1 N–H and O–H groups in total. The molecule has 1 fully saturated rings. The van der Waals surface area contributed by atoms with Crippen LogP contribution in [0.3, 0.4) is 0 Å². The van der Waals surface area contributed by atoms with Gasteiger partial charge in [-0.15, -0.1) is 0 Å². The number of thioether (sulfide) groups is 1. The number of hydrogen-bond acceptors (Lipinski definition) is 4. The zero-order chi connectivity index (χ0) is 19.1. The Morgan fingerprint density at radius 3 is 2.22 bits per heavy atom. The van der Waals surface area contributed by atoms with Gasteiger partial charge in [-0.05, 0) is 24.0 Å². The van der Waals surface area contributed by atoms with Crippen molar-refractivity contribution in [3.8, 4) is 0 Å². The van der Waals surface area contributed by atoms with E-state index in [1.165, 1.54) is 17.3 Å². The zero-order valence-electron chi connectivity index (χ0n) is 15.0. The molecule has 3 rings (SSSR count). The van der Waals surface area contributed by atoms with Crippen molar-refractivity contribution >= 4 is 28.8 Å². The van der Waals surface area contributed by atoms with Gasteiger partial charge in [-0.1, -0.05) is 72.4 Å². The van der Waals surface area contributed by atoms with Crippen LogP contribution in [0.2, 0.25) is 0 Å². The number of hydrogen-bond donors (Lipinski definition) is 1. The lowest BCUT2D eigenvalue weighted by Crippen LogP contribution is -2.45. The van der Waals surface area contributed by atoms with E-state index < -0.39 is 11.2 Å². The highest BCUT2D eigenvalue weighted by atomic mass is 32.2. The molecule has 0 radical (unpaired) electrons. The number of benzene rings is 2. The first-order valence-corrected chi connectivity index (χ1v) is 9.83. The van der Waals surface area contributed by atoms with Gasteiger partial charge in [-0.3, -0.25) is 19.5 Å². The molecule has 6 heteroatoms. The molecule has 1 atom stereocenters. The van der Waals surface area contributed by atoms with E-state index in [9.17, 15) is 14.7 Å². The van der Waals surface area contributed by atoms with Gasteiger partial charge in [0, 0.05) is 13.1 Å². The van der Waals surface area contributed by atoms with Crippen molar-refractivity contribution in [2.45, 2.75) is 24.5 Å². The summed E-state index contributed by atoms with van der Waals surface area (Å²) in [4.78, 5) is 30.1. The fourth-order valence-electron chi connectivity index (χ4n) is 2.90. The summed E-state index contributed by atoms with van der Waals surface area (Å²) in [6, 6.07) is 19.9. The first-order valence-electron chi connectivity index (χ1n) is 8.95. The Bertz CT molecular complexity index is 809. The molecule has 0 bridgehead atoms. The van der Waals surface area contributed by atoms with E-state index in [0.717, 1.165) is 12.0 Å². The summed E-state index contributed by atoms with van der Waals surface area (Å²) >= 11 is 1.18. The molecular formula is C21H22N2O3S. The highest BCUT2D eigenvalue weighted by Crippen LogP contribution is 2.27. The number of carbonyl (C=O) groups is 2. The lowest BCUT2D eigenvalue weighted by Gasteiger charge is -2.30. The Hall–Kier alpha value is -2.60. The standard InChI is InChI=1S/C21H22N2O3S/c24-19-15-18(20(25)26)27-21(22-13-11-16-7-3-1-4-8-16)23(19)14-12-17-9-5-2-6-10-17/h1-10,18H,11-15H2,(H,25,26). The number of aliphatic carboxylic acids is 1. The Labute approximate surface area is 163 Å². The molecule has 1 aliphatic rings. The average Bonchev–Trinajstić information content (AvgIpc) is 2.68. The van der Waals surface area contributed by atoms with Crippen LogP contribution in [0.15, 0.2) is 65.7 Å². The Kier molecular flexibility index (Phi) is 6.65. The van der Waals surface area contributed by atoms with E-state index in [2.05, 4.69) is 4.99 Å². The number of amides is 1. The molecule has 27 heavy (non-hydrogen) atoms. The normalized spacial score (nSPS) is 18.7. The average molecular weight is 382 g/mol. The molecule has 0 saturated carbocycles. The van der Waals surface area contributed by atoms with E-state index in [1.54, 1.807) is 4.90 Å². The molecule has 1 amide bonds. The van der Waals surface area contributed by atoms with Crippen molar-refractivity contribution in [3.05, 3.63) is 71.8 Å². The summed E-state index contributed by atoms with van der Waals surface area (Å²) in [5, 5.41) is 9.08. The molecule has 1 saturated heterocycles. The summed E-state index contributed by atoms with van der Waals surface area (Å²) in [6.45, 7) is 1.03. The molecule has 0 aromatic heterocycles. The van der Waals surface area contributed by atoms with Crippen LogP contribution < -0.4 is 0 Å². The summed E-state index contributed by atoms with van der Waals surface area (Å²) in [5.41, 5.74) is 2.30. The monoisotopic (exact) mass is 382 g/mol. The minimum Gasteiger partial charge on any atom is -0.480 e. The van der Waals surface area contributed by atoms with Gasteiger partial charge in [0.2, 0.25) is 5.91 Å². The number of carboxylic acids is 1. The summed E-state index contributed by atoms with van der Waals surface area (Å²) < 4.78 is 0. The van der Waals surface area contributed by atoms with Crippen LogP contribution in [0.1, 0.15) is 17.5 Å². The van der Waals surface area contributed by atoms with Crippen molar-refractivity contribution in [2.24, 2.45) is 4.99 Å². The molecule has 2 aromatic carbocycles. The topological polar surface area (TPSA) is 70.0 Å². The minimum absolute atomic E-state index is 0.00644. The molecular weight excluding hydrogens is 360 g/mol. The third kappa shape index (κ3) is 5.44. The van der Waals surface area contributed by atoms with Gasteiger partial charge in [0.15, 0.2) is 5.17 Å². The molecule has 0 aliphatic carbocycles. The second kappa shape index (κ2) is 9.37. The van der Waals surface area contributed by atoms with Gasteiger partial charge in [-0.2, -0.15) is 0 Å². The van der Waals surface area contributed by atoms with Gasteiger partial charge in [0.05, 0.1) is 6.42 Å². The molecule has 1 unspecified atom stereocenters. The van der Waals surface area contributed by atoms with Crippen molar-refractivity contribution in [1.29, 1.82) is 0 Å². The molecule has 0 spiro atoms. The fraction of sp³-hybridized carbons (Fsp3) is 0.286. The van der Waals surface area contributed by atoms with E-state index in [4.69, 9.17) is 0 Å². The predicted molar refractivity (Wildman–Crippen MR) is 108 cm³/mol. The Balaban J connectivity index is 1.70. The maximum atomic E-state index is 12.5. The number of amidine groups is 1. The number of aliphatic imine (C=N–C) groups is 1. The lowest BCUT2D eigenvalue weighted by atomic mass is 10.1. The molecule has 2 aromatic rings. The number of carboxylic acid groups (broad SMARTS) is 1. The van der Waals surface area contributed by atoms with Crippen LogP contribution in [0.4, 0.5) is 0 Å². The minimum atomic E-state index is -0.966. The molecule has 1 aliphatic heterocycles. The first kappa shape index (κ1) is 19.2. The van der Waals surface area contributed by atoms with Gasteiger partial charge in [-0.25, -0.2) is 0 Å². The van der Waals surface area contributed by atoms with Crippen LogP contribution in [0.5, 0.6) is 0 Å². The van der Waals surface area contributed by atoms with Crippen LogP contribution in [-0.4, -0.2) is 45.4 Å².